The molecule has 0 aromatic carbocycles. The van der Waals surface area contributed by atoms with Gasteiger partial charge in [-0.2, -0.15) is 0 Å². The third kappa shape index (κ3) is 8.71. The van der Waals surface area contributed by atoms with E-state index in [4.69, 9.17) is 24.9 Å². The van der Waals surface area contributed by atoms with E-state index in [0.29, 0.717) is 19.8 Å². The highest BCUT2D eigenvalue weighted by atomic mass is 35.5. The predicted octanol–water partition coefficient (Wildman–Crippen LogP) is 2.08. The van der Waals surface area contributed by atoms with Gasteiger partial charge in [-0.05, 0) is 27.2 Å². The predicted molar refractivity (Wildman–Crippen MR) is 54.9 cm³/mol. The van der Waals surface area contributed by atoms with Crippen molar-refractivity contribution in [3.8, 4) is 0 Å². The van der Waals surface area contributed by atoms with Gasteiger partial charge in [0.25, 0.3) is 0 Å². The summed E-state index contributed by atoms with van der Waals surface area (Å²) >= 11 is 5.77. The van der Waals surface area contributed by atoms with Gasteiger partial charge in [-0.25, -0.2) is 0 Å². The molecule has 3 nitrogen and oxygen atoms in total. The maximum absolute atomic E-state index is 5.77. The first-order chi connectivity index (χ1) is 6.20. The summed E-state index contributed by atoms with van der Waals surface area (Å²) < 4.78 is 16.0. The minimum Gasteiger partial charge on any atom is -0.371 e. The highest BCUT2D eigenvalue weighted by Crippen LogP contribution is 2.01. The van der Waals surface area contributed by atoms with Gasteiger partial charge in [-0.15, -0.1) is 11.6 Å². The van der Waals surface area contributed by atoms with Gasteiger partial charge < -0.3 is 13.3 Å². The van der Waals surface area contributed by atoms with Crippen molar-refractivity contribution in [2.24, 2.45) is 0 Å². The van der Waals surface area contributed by atoms with Crippen LogP contribution in [-0.4, -0.2) is 34.7 Å². The quantitative estimate of drug-likeness (QED) is 0.468. The Bertz CT molecular complexity index is 108. The number of hydrogen-bond donors (Lipinski definition) is 0. The topological polar surface area (TPSA) is 27.7 Å². The fourth-order valence-corrected chi connectivity index (χ4v) is 1.76. The molecule has 0 aliphatic heterocycles. The summed E-state index contributed by atoms with van der Waals surface area (Å²) in [6, 6.07) is 0. The third-order valence-electron chi connectivity index (χ3n) is 1.26. The Labute approximate surface area is 87.3 Å². The smallest absolute Gasteiger partial charge is 0.371 e. The SMILES string of the molecule is CCO[Si](OCC)OCCC(C)Cl. The monoisotopic (exact) mass is 225 g/mol. The van der Waals surface area contributed by atoms with E-state index < -0.39 is 9.53 Å². The summed E-state index contributed by atoms with van der Waals surface area (Å²) in [7, 11) is -1.50. The molecule has 0 spiro atoms. The average molecular weight is 226 g/mol. The molecule has 1 unspecified atom stereocenters. The standard InChI is InChI=1S/C8H18ClO3Si/c1-4-10-13(11-5-2)12-7-6-8(3)9/h8H,4-7H2,1-3H3. The van der Waals surface area contributed by atoms with Crippen LogP contribution in [0.2, 0.25) is 0 Å². The Hall–Kier alpha value is 0.387. The van der Waals surface area contributed by atoms with Crippen molar-refractivity contribution in [3.05, 3.63) is 0 Å². The van der Waals surface area contributed by atoms with E-state index in [1.807, 2.05) is 20.8 Å². The maximum atomic E-state index is 5.77. The van der Waals surface area contributed by atoms with Crippen LogP contribution in [0.4, 0.5) is 0 Å². The second kappa shape index (κ2) is 8.96. The minimum atomic E-state index is -1.50. The highest BCUT2D eigenvalue weighted by Gasteiger charge is 2.17. The van der Waals surface area contributed by atoms with Crippen LogP contribution in [-0.2, 0) is 13.3 Å². The van der Waals surface area contributed by atoms with Crippen molar-refractivity contribution in [3.63, 3.8) is 0 Å². The van der Waals surface area contributed by atoms with E-state index in [1.165, 1.54) is 0 Å². The first kappa shape index (κ1) is 13.4. The lowest BCUT2D eigenvalue weighted by molar-refractivity contribution is 0.101. The van der Waals surface area contributed by atoms with E-state index in [9.17, 15) is 0 Å². The van der Waals surface area contributed by atoms with Crippen LogP contribution in [0.5, 0.6) is 0 Å². The lowest BCUT2D eigenvalue weighted by Crippen LogP contribution is -2.28. The second-order valence-electron chi connectivity index (χ2n) is 2.53. The van der Waals surface area contributed by atoms with Crippen LogP contribution in [0, 0.1) is 0 Å². The molecule has 1 radical (unpaired) electrons. The molecular formula is C8H18ClO3Si. The normalized spacial score (nSPS) is 13.6. The highest BCUT2D eigenvalue weighted by molar-refractivity contribution is 6.36. The van der Waals surface area contributed by atoms with Crippen molar-refractivity contribution in [1.29, 1.82) is 0 Å². The van der Waals surface area contributed by atoms with Gasteiger partial charge in [0.15, 0.2) is 0 Å². The van der Waals surface area contributed by atoms with Crippen molar-refractivity contribution < 1.29 is 13.3 Å². The molecule has 79 valence electrons. The lowest BCUT2D eigenvalue weighted by atomic mass is 10.4. The molecule has 0 saturated heterocycles. The molecule has 0 rings (SSSR count). The Morgan fingerprint density at radius 2 is 1.69 bits per heavy atom. The van der Waals surface area contributed by atoms with Gasteiger partial charge >= 0.3 is 9.53 Å². The van der Waals surface area contributed by atoms with Gasteiger partial charge in [0.2, 0.25) is 0 Å². The molecule has 0 aliphatic carbocycles. The van der Waals surface area contributed by atoms with Gasteiger partial charge in [0, 0.05) is 25.2 Å². The number of hydrogen-bond acceptors (Lipinski definition) is 3. The van der Waals surface area contributed by atoms with Crippen LogP contribution < -0.4 is 0 Å². The minimum absolute atomic E-state index is 0.145. The summed E-state index contributed by atoms with van der Waals surface area (Å²) in [6.45, 7) is 7.67. The molecule has 0 aliphatic rings. The molecule has 0 N–H and O–H groups in total. The zero-order valence-corrected chi connectivity index (χ0v) is 10.3. The average Bonchev–Trinajstić information content (AvgIpc) is 2.04. The summed E-state index contributed by atoms with van der Waals surface area (Å²) in [5.41, 5.74) is 0. The summed E-state index contributed by atoms with van der Waals surface area (Å²) in [5.74, 6) is 0. The van der Waals surface area contributed by atoms with Crippen molar-refractivity contribution in [2.75, 3.05) is 19.8 Å². The summed E-state index contributed by atoms with van der Waals surface area (Å²) in [4.78, 5) is 0. The Morgan fingerprint density at radius 3 is 2.08 bits per heavy atom. The molecule has 0 bridgehead atoms. The van der Waals surface area contributed by atoms with Crippen LogP contribution in [0.15, 0.2) is 0 Å². The zero-order chi connectivity index (χ0) is 10.1. The van der Waals surface area contributed by atoms with Crippen molar-refractivity contribution >= 4 is 21.1 Å². The molecule has 0 heterocycles. The van der Waals surface area contributed by atoms with Gasteiger partial charge in [-0.1, -0.05) is 0 Å². The molecule has 0 aromatic heterocycles. The number of halogens is 1. The largest absolute Gasteiger partial charge is 0.577 e. The van der Waals surface area contributed by atoms with Crippen LogP contribution >= 0.6 is 11.6 Å². The number of alkyl halides is 1. The van der Waals surface area contributed by atoms with Crippen molar-refractivity contribution in [2.45, 2.75) is 32.6 Å². The molecule has 0 amide bonds. The molecule has 13 heavy (non-hydrogen) atoms. The van der Waals surface area contributed by atoms with Crippen molar-refractivity contribution in [1.82, 2.24) is 0 Å². The first-order valence-electron chi connectivity index (χ1n) is 4.60. The molecule has 0 aromatic rings. The molecule has 5 heteroatoms. The van der Waals surface area contributed by atoms with Crippen LogP contribution in [0.25, 0.3) is 0 Å². The molecule has 1 atom stereocenters. The van der Waals surface area contributed by atoms with Crippen LogP contribution in [0.1, 0.15) is 27.2 Å². The Morgan fingerprint density at radius 1 is 1.15 bits per heavy atom. The fraction of sp³-hybridized carbons (Fsp3) is 1.00. The van der Waals surface area contributed by atoms with E-state index in [2.05, 4.69) is 0 Å². The molecule has 0 saturated carbocycles. The van der Waals surface area contributed by atoms with Gasteiger partial charge in [0.1, 0.15) is 0 Å². The van der Waals surface area contributed by atoms with Crippen LogP contribution in [0.3, 0.4) is 0 Å². The van der Waals surface area contributed by atoms with E-state index in [1.54, 1.807) is 0 Å². The lowest BCUT2D eigenvalue weighted by Gasteiger charge is -2.12. The summed E-state index contributed by atoms with van der Waals surface area (Å²) in [6.07, 6.45) is 0.829. The summed E-state index contributed by atoms with van der Waals surface area (Å²) in [5, 5.41) is 0.145. The Balaban J connectivity index is 3.44. The van der Waals surface area contributed by atoms with Gasteiger partial charge in [-0.3, -0.25) is 0 Å². The maximum Gasteiger partial charge on any atom is 0.577 e. The second-order valence-corrected chi connectivity index (χ2v) is 4.64. The first-order valence-corrected chi connectivity index (χ1v) is 6.26. The Kier molecular flexibility index (Phi) is 9.23. The fourth-order valence-electron chi connectivity index (χ4n) is 0.665. The van der Waals surface area contributed by atoms with E-state index >= 15 is 0 Å². The third-order valence-corrected chi connectivity index (χ3v) is 2.97. The molecule has 0 fully saturated rings. The van der Waals surface area contributed by atoms with E-state index in [-0.39, 0.29) is 5.38 Å². The zero-order valence-electron chi connectivity index (χ0n) is 8.51. The number of rotatable bonds is 8. The van der Waals surface area contributed by atoms with E-state index in [0.717, 1.165) is 6.42 Å². The molecular weight excluding hydrogens is 208 g/mol. The van der Waals surface area contributed by atoms with Gasteiger partial charge in [0.05, 0.1) is 0 Å².